The first-order valence-corrected chi connectivity index (χ1v) is 5.15. The zero-order chi connectivity index (χ0) is 10.1. The molecule has 0 heterocycles. The zero-order valence-corrected chi connectivity index (χ0v) is 8.66. The lowest BCUT2D eigenvalue weighted by atomic mass is 10.0. The molecule has 0 rings (SSSR count). The summed E-state index contributed by atoms with van der Waals surface area (Å²) in [5, 5.41) is 21.4. The van der Waals surface area contributed by atoms with Crippen LogP contribution in [0.25, 0.3) is 0 Å². The Balaban J connectivity index is 3.79. The SMILES string of the molecule is CCCC/C(=N\O)C(O)CCCC. The summed E-state index contributed by atoms with van der Waals surface area (Å²) in [7, 11) is 0. The maximum Gasteiger partial charge on any atom is 0.0954 e. The van der Waals surface area contributed by atoms with Crippen molar-refractivity contribution >= 4 is 5.71 Å². The van der Waals surface area contributed by atoms with Gasteiger partial charge in [-0.2, -0.15) is 0 Å². The number of nitrogens with zero attached hydrogens (tertiary/aromatic N) is 1. The van der Waals surface area contributed by atoms with Crippen molar-refractivity contribution in [2.75, 3.05) is 0 Å². The number of rotatable bonds is 7. The van der Waals surface area contributed by atoms with Crippen LogP contribution < -0.4 is 0 Å². The second-order valence-electron chi connectivity index (χ2n) is 3.35. The summed E-state index contributed by atoms with van der Waals surface area (Å²) in [6.45, 7) is 4.15. The molecule has 0 aliphatic heterocycles. The number of aliphatic hydroxyl groups is 1. The molecule has 0 radical (unpaired) electrons. The molecule has 1 unspecified atom stereocenters. The largest absolute Gasteiger partial charge is 0.411 e. The predicted octanol–water partition coefficient (Wildman–Crippen LogP) is 2.56. The summed E-state index contributed by atoms with van der Waals surface area (Å²) in [5.74, 6) is 0. The summed E-state index contributed by atoms with van der Waals surface area (Å²) in [5.41, 5.74) is 0.537. The number of hydrogen-bond donors (Lipinski definition) is 2. The van der Waals surface area contributed by atoms with E-state index in [4.69, 9.17) is 5.21 Å². The van der Waals surface area contributed by atoms with Crippen LogP contribution in [0.15, 0.2) is 5.16 Å². The van der Waals surface area contributed by atoms with Gasteiger partial charge in [-0.1, -0.05) is 38.3 Å². The molecule has 0 aliphatic carbocycles. The van der Waals surface area contributed by atoms with Crippen molar-refractivity contribution in [1.29, 1.82) is 0 Å². The molecule has 0 saturated heterocycles. The van der Waals surface area contributed by atoms with Crippen molar-refractivity contribution in [2.24, 2.45) is 5.16 Å². The summed E-state index contributed by atoms with van der Waals surface area (Å²) in [6, 6.07) is 0. The van der Waals surface area contributed by atoms with E-state index in [1.807, 2.05) is 0 Å². The Labute approximate surface area is 80.5 Å². The van der Waals surface area contributed by atoms with Crippen LogP contribution in [0.1, 0.15) is 52.4 Å². The van der Waals surface area contributed by atoms with Gasteiger partial charge in [0.15, 0.2) is 0 Å². The number of oxime groups is 1. The Morgan fingerprint density at radius 1 is 1.23 bits per heavy atom. The van der Waals surface area contributed by atoms with Gasteiger partial charge in [0.2, 0.25) is 0 Å². The summed E-state index contributed by atoms with van der Waals surface area (Å²) >= 11 is 0. The second-order valence-corrected chi connectivity index (χ2v) is 3.35. The standard InChI is InChI=1S/C10H21NO2/c1-3-5-7-9(11-13)10(12)8-6-4-2/h10,12-13H,3-8H2,1-2H3/b11-9+. The van der Waals surface area contributed by atoms with Gasteiger partial charge in [-0.05, 0) is 19.3 Å². The van der Waals surface area contributed by atoms with Crippen molar-refractivity contribution in [3.8, 4) is 0 Å². The molecule has 0 aliphatic rings. The third-order valence-corrected chi connectivity index (χ3v) is 2.13. The average molecular weight is 187 g/mol. The summed E-state index contributed by atoms with van der Waals surface area (Å²) in [6.07, 6.45) is 4.94. The molecular formula is C10H21NO2. The highest BCUT2D eigenvalue weighted by Crippen LogP contribution is 2.07. The van der Waals surface area contributed by atoms with E-state index in [-0.39, 0.29) is 0 Å². The van der Waals surface area contributed by atoms with Gasteiger partial charge in [0.05, 0.1) is 11.8 Å². The van der Waals surface area contributed by atoms with Crippen molar-refractivity contribution in [3.05, 3.63) is 0 Å². The molecule has 0 saturated carbocycles. The predicted molar refractivity (Wildman–Crippen MR) is 54.3 cm³/mol. The third kappa shape index (κ3) is 5.64. The minimum atomic E-state index is -0.545. The van der Waals surface area contributed by atoms with Crippen molar-refractivity contribution in [2.45, 2.75) is 58.5 Å². The van der Waals surface area contributed by atoms with Crippen LogP contribution in [0.5, 0.6) is 0 Å². The fraction of sp³-hybridized carbons (Fsp3) is 0.900. The molecule has 3 nitrogen and oxygen atoms in total. The van der Waals surface area contributed by atoms with Gasteiger partial charge in [0.1, 0.15) is 0 Å². The highest BCUT2D eigenvalue weighted by atomic mass is 16.4. The molecule has 0 bridgehead atoms. The van der Waals surface area contributed by atoms with Crippen LogP contribution in [-0.4, -0.2) is 22.1 Å². The van der Waals surface area contributed by atoms with Crippen molar-refractivity contribution in [1.82, 2.24) is 0 Å². The van der Waals surface area contributed by atoms with Crippen LogP contribution in [0, 0.1) is 0 Å². The van der Waals surface area contributed by atoms with Gasteiger partial charge >= 0.3 is 0 Å². The van der Waals surface area contributed by atoms with Gasteiger partial charge in [-0.3, -0.25) is 0 Å². The molecule has 2 N–H and O–H groups in total. The van der Waals surface area contributed by atoms with Gasteiger partial charge < -0.3 is 10.3 Å². The first kappa shape index (κ1) is 12.4. The maximum atomic E-state index is 9.58. The Hall–Kier alpha value is -0.570. The van der Waals surface area contributed by atoms with Crippen LogP contribution in [0.4, 0.5) is 0 Å². The van der Waals surface area contributed by atoms with Crippen LogP contribution in [0.2, 0.25) is 0 Å². The topological polar surface area (TPSA) is 52.8 Å². The first-order chi connectivity index (χ1) is 6.26. The molecular weight excluding hydrogens is 166 g/mol. The lowest BCUT2D eigenvalue weighted by Gasteiger charge is -2.10. The Kier molecular flexibility index (Phi) is 7.69. The molecule has 0 aromatic carbocycles. The van der Waals surface area contributed by atoms with Crippen molar-refractivity contribution < 1.29 is 10.3 Å². The van der Waals surface area contributed by atoms with E-state index in [9.17, 15) is 5.11 Å². The normalized spacial score (nSPS) is 14.5. The van der Waals surface area contributed by atoms with E-state index in [1.54, 1.807) is 0 Å². The molecule has 0 amide bonds. The van der Waals surface area contributed by atoms with E-state index < -0.39 is 6.10 Å². The fourth-order valence-corrected chi connectivity index (χ4v) is 1.21. The lowest BCUT2D eigenvalue weighted by Crippen LogP contribution is -2.20. The zero-order valence-electron chi connectivity index (χ0n) is 8.66. The van der Waals surface area contributed by atoms with Crippen LogP contribution in [-0.2, 0) is 0 Å². The lowest BCUT2D eigenvalue weighted by molar-refractivity contribution is 0.214. The third-order valence-electron chi connectivity index (χ3n) is 2.13. The van der Waals surface area contributed by atoms with E-state index in [0.29, 0.717) is 18.6 Å². The Morgan fingerprint density at radius 2 is 1.85 bits per heavy atom. The van der Waals surface area contributed by atoms with Crippen LogP contribution >= 0.6 is 0 Å². The first-order valence-electron chi connectivity index (χ1n) is 5.15. The monoisotopic (exact) mass is 187 g/mol. The highest BCUT2D eigenvalue weighted by molar-refractivity contribution is 5.87. The van der Waals surface area contributed by atoms with Crippen LogP contribution in [0.3, 0.4) is 0 Å². The molecule has 13 heavy (non-hydrogen) atoms. The number of unbranched alkanes of at least 4 members (excludes halogenated alkanes) is 2. The Bertz CT molecular complexity index is 146. The number of hydrogen-bond acceptors (Lipinski definition) is 3. The maximum absolute atomic E-state index is 9.58. The molecule has 0 spiro atoms. The quantitative estimate of drug-likeness (QED) is 0.365. The molecule has 1 atom stereocenters. The summed E-state index contributed by atoms with van der Waals surface area (Å²) < 4.78 is 0. The minimum absolute atomic E-state index is 0.537. The molecule has 78 valence electrons. The van der Waals surface area contributed by atoms with E-state index in [1.165, 1.54) is 0 Å². The Morgan fingerprint density at radius 3 is 2.31 bits per heavy atom. The van der Waals surface area contributed by atoms with Gasteiger partial charge in [-0.15, -0.1) is 0 Å². The molecule has 3 heteroatoms. The molecule has 0 fully saturated rings. The highest BCUT2D eigenvalue weighted by Gasteiger charge is 2.11. The molecule has 0 aromatic rings. The molecule has 0 aromatic heterocycles. The van der Waals surface area contributed by atoms with Crippen molar-refractivity contribution in [3.63, 3.8) is 0 Å². The van der Waals surface area contributed by atoms with Gasteiger partial charge in [0.25, 0.3) is 0 Å². The van der Waals surface area contributed by atoms with Gasteiger partial charge in [0, 0.05) is 0 Å². The second kappa shape index (κ2) is 8.05. The van der Waals surface area contributed by atoms with Gasteiger partial charge in [-0.25, -0.2) is 0 Å². The minimum Gasteiger partial charge on any atom is -0.411 e. The van der Waals surface area contributed by atoms with E-state index >= 15 is 0 Å². The number of aliphatic hydroxyl groups excluding tert-OH is 1. The van der Waals surface area contributed by atoms with E-state index in [2.05, 4.69) is 19.0 Å². The summed E-state index contributed by atoms with van der Waals surface area (Å²) in [4.78, 5) is 0. The smallest absolute Gasteiger partial charge is 0.0954 e. The average Bonchev–Trinajstić information content (AvgIpc) is 2.16. The van der Waals surface area contributed by atoms with E-state index in [0.717, 1.165) is 25.7 Å². The fourth-order valence-electron chi connectivity index (χ4n) is 1.21.